The second-order valence-electron chi connectivity index (χ2n) is 3.59. The normalized spacial score (nSPS) is 9.39. The smallest absolute Gasteiger partial charge is 0.258 e. The summed E-state index contributed by atoms with van der Waals surface area (Å²) in [4.78, 5) is 22.2. The number of benzene rings is 1. The van der Waals surface area contributed by atoms with Gasteiger partial charge in [-0.1, -0.05) is 12.1 Å². The maximum absolute atomic E-state index is 11.3. The van der Waals surface area contributed by atoms with Crippen molar-refractivity contribution in [3.05, 3.63) is 36.9 Å². The number of rotatable bonds is 6. The molecule has 2 amide bonds. The van der Waals surface area contributed by atoms with Gasteiger partial charge >= 0.3 is 0 Å². The molecule has 5 heteroatoms. The Bertz CT molecular complexity index is 444. The summed E-state index contributed by atoms with van der Waals surface area (Å²) in [6, 6.07) is 6.85. The van der Waals surface area contributed by atoms with E-state index in [2.05, 4.69) is 17.2 Å². The van der Waals surface area contributed by atoms with E-state index in [9.17, 15) is 9.59 Å². The third-order valence-corrected chi connectivity index (χ3v) is 1.97. The van der Waals surface area contributed by atoms with E-state index in [0.717, 1.165) is 0 Å². The third kappa shape index (κ3) is 5.16. The third-order valence-electron chi connectivity index (χ3n) is 1.97. The number of ether oxygens (including phenoxy) is 1. The summed E-state index contributed by atoms with van der Waals surface area (Å²) in [6.45, 7) is 5.26. The number of anilines is 1. The summed E-state index contributed by atoms with van der Waals surface area (Å²) in [6.07, 6.45) is 1.59. The van der Waals surface area contributed by atoms with Crippen LogP contribution in [0.1, 0.15) is 6.92 Å². The van der Waals surface area contributed by atoms with Gasteiger partial charge in [0.25, 0.3) is 5.91 Å². The van der Waals surface area contributed by atoms with Crippen molar-refractivity contribution in [2.75, 3.05) is 18.5 Å². The molecule has 1 aromatic rings. The Balaban J connectivity index is 2.49. The van der Waals surface area contributed by atoms with Gasteiger partial charge in [0.1, 0.15) is 5.75 Å². The number of carbonyl (C=O) groups excluding carboxylic acids is 2. The molecule has 96 valence electrons. The molecule has 0 aromatic heterocycles. The zero-order chi connectivity index (χ0) is 13.4. The minimum Gasteiger partial charge on any atom is -0.484 e. The van der Waals surface area contributed by atoms with Crippen LogP contribution in [0.2, 0.25) is 0 Å². The molecule has 0 fully saturated rings. The largest absolute Gasteiger partial charge is 0.484 e. The van der Waals surface area contributed by atoms with E-state index in [4.69, 9.17) is 4.74 Å². The van der Waals surface area contributed by atoms with Crippen molar-refractivity contribution >= 4 is 17.5 Å². The first-order valence-electron chi connectivity index (χ1n) is 5.50. The van der Waals surface area contributed by atoms with Gasteiger partial charge in [-0.15, -0.1) is 6.58 Å². The molecule has 0 saturated carbocycles. The Kier molecular flexibility index (Phi) is 5.44. The molecule has 2 N–H and O–H groups in total. The van der Waals surface area contributed by atoms with Crippen LogP contribution in [0.3, 0.4) is 0 Å². The van der Waals surface area contributed by atoms with Crippen molar-refractivity contribution in [1.29, 1.82) is 0 Å². The lowest BCUT2D eigenvalue weighted by molar-refractivity contribution is -0.122. The Labute approximate surface area is 106 Å². The Morgan fingerprint density at radius 3 is 2.89 bits per heavy atom. The standard InChI is InChI=1S/C13H16N2O3/c1-3-7-14-13(17)9-18-12-6-4-5-11(8-12)15-10(2)16/h3-6,8H,1,7,9H2,2H3,(H,14,17)(H,15,16). The van der Waals surface area contributed by atoms with Crippen LogP contribution in [0, 0.1) is 0 Å². The molecule has 0 aliphatic heterocycles. The molecule has 0 spiro atoms. The first kappa shape index (κ1) is 13.8. The molecular weight excluding hydrogens is 232 g/mol. The molecule has 1 rings (SSSR count). The number of amides is 2. The molecule has 0 aliphatic rings. The zero-order valence-electron chi connectivity index (χ0n) is 10.2. The predicted octanol–water partition coefficient (Wildman–Crippen LogP) is 1.33. The van der Waals surface area contributed by atoms with E-state index < -0.39 is 0 Å². The fourth-order valence-electron chi connectivity index (χ4n) is 1.25. The van der Waals surface area contributed by atoms with Crippen LogP contribution >= 0.6 is 0 Å². The van der Waals surface area contributed by atoms with Gasteiger partial charge < -0.3 is 15.4 Å². The highest BCUT2D eigenvalue weighted by molar-refractivity contribution is 5.88. The minimum absolute atomic E-state index is 0.0721. The van der Waals surface area contributed by atoms with Crippen molar-refractivity contribution in [3.8, 4) is 5.75 Å². The number of carbonyl (C=O) groups is 2. The quantitative estimate of drug-likeness (QED) is 0.746. The Hall–Kier alpha value is -2.30. The van der Waals surface area contributed by atoms with Crippen LogP contribution in [0.4, 0.5) is 5.69 Å². The van der Waals surface area contributed by atoms with E-state index in [1.807, 2.05) is 0 Å². The summed E-state index contributed by atoms with van der Waals surface area (Å²) in [7, 11) is 0. The lowest BCUT2D eigenvalue weighted by Crippen LogP contribution is -2.28. The highest BCUT2D eigenvalue weighted by Gasteiger charge is 2.02. The topological polar surface area (TPSA) is 67.4 Å². The van der Waals surface area contributed by atoms with Crippen LogP contribution in [-0.2, 0) is 9.59 Å². The summed E-state index contributed by atoms with van der Waals surface area (Å²) in [5.41, 5.74) is 0.631. The van der Waals surface area contributed by atoms with Crippen LogP contribution in [0.5, 0.6) is 5.75 Å². The minimum atomic E-state index is -0.222. The van der Waals surface area contributed by atoms with Gasteiger partial charge in [-0.25, -0.2) is 0 Å². The van der Waals surface area contributed by atoms with Crippen molar-refractivity contribution < 1.29 is 14.3 Å². The van der Waals surface area contributed by atoms with Gasteiger partial charge in [0.15, 0.2) is 6.61 Å². The molecular formula is C13H16N2O3. The summed E-state index contributed by atoms with van der Waals surface area (Å²) in [5.74, 6) is 0.144. The molecule has 1 aromatic carbocycles. The van der Waals surface area contributed by atoms with Crippen molar-refractivity contribution in [1.82, 2.24) is 5.32 Å². The maximum Gasteiger partial charge on any atom is 0.258 e. The van der Waals surface area contributed by atoms with Gasteiger partial charge in [0, 0.05) is 25.2 Å². The van der Waals surface area contributed by atoms with Gasteiger partial charge in [0.2, 0.25) is 5.91 Å². The molecule has 0 aliphatic carbocycles. The van der Waals surface area contributed by atoms with E-state index in [0.29, 0.717) is 18.0 Å². The zero-order valence-corrected chi connectivity index (χ0v) is 10.2. The second kappa shape index (κ2) is 7.11. The van der Waals surface area contributed by atoms with Crippen molar-refractivity contribution in [2.24, 2.45) is 0 Å². The van der Waals surface area contributed by atoms with E-state index in [1.165, 1.54) is 6.92 Å². The first-order chi connectivity index (χ1) is 8.61. The fourth-order valence-corrected chi connectivity index (χ4v) is 1.25. The van der Waals surface area contributed by atoms with Gasteiger partial charge in [-0.05, 0) is 12.1 Å². The van der Waals surface area contributed by atoms with E-state index >= 15 is 0 Å². The molecule has 0 bridgehead atoms. The molecule has 0 atom stereocenters. The van der Waals surface area contributed by atoms with E-state index in [-0.39, 0.29) is 18.4 Å². The van der Waals surface area contributed by atoms with Crippen LogP contribution in [0.25, 0.3) is 0 Å². The predicted molar refractivity (Wildman–Crippen MR) is 69.4 cm³/mol. The summed E-state index contributed by atoms with van der Waals surface area (Å²) in [5, 5.41) is 5.23. The monoisotopic (exact) mass is 248 g/mol. The SMILES string of the molecule is C=CCNC(=O)COc1cccc(NC(C)=O)c1. The van der Waals surface area contributed by atoms with Crippen molar-refractivity contribution in [3.63, 3.8) is 0 Å². The fraction of sp³-hybridized carbons (Fsp3) is 0.231. The molecule has 18 heavy (non-hydrogen) atoms. The van der Waals surface area contributed by atoms with Crippen LogP contribution < -0.4 is 15.4 Å². The lowest BCUT2D eigenvalue weighted by atomic mass is 10.3. The van der Waals surface area contributed by atoms with Crippen LogP contribution in [-0.4, -0.2) is 25.0 Å². The van der Waals surface area contributed by atoms with Gasteiger partial charge in [-0.2, -0.15) is 0 Å². The average Bonchev–Trinajstić information content (AvgIpc) is 2.33. The number of hydrogen-bond acceptors (Lipinski definition) is 3. The molecule has 0 radical (unpaired) electrons. The number of nitrogens with one attached hydrogen (secondary N) is 2. The number of hydrogen-bond donors (Lipinski definition) is 2. The summed E-state index contributed by atoms with van der Waals surface area (Å²) >= 11 is 0. The lowest BCUT2D eigenvalue weighted by Gasteiger charge is -2.08. The Morgan fingerprint density at radius 2 is 2.22 bits per heavy atom. The first-order valence-corrected chi connectivity index (χ1v) is 5.50. The van der Waals surface area contributed by atoms with Crippen molar-refractivity contribution in [2.45, 2.75) is 6.92 Å². The Morgan fingerprint density at radius 1 is 1.44 bits per heavy atom. The second-order valence-corrected chi connectivity index (χ2v) is 3.59. The van der Waals surface area contributed by atoms with E-state index in [1.54, 1.807) is 30.3 Å². The highest BCUT2D eigenvalue weighted by Crippen LogP contribution is 2.17. The summed E-state index contributed by atoms with van der Waals surface area (Å²) < 4.78 is 5.29. The maximum atomic E-state index is 11.3. The molecule has 0 unspecified atom stereocenters. The highest BCUT2D eigenvalue weighted by atomic mass is 16.5. The van der Waals surface area contributed by atoms with Gasteiger partial charge in [-0.3, -0.25) is 9.59 Å². The van der Waals surface area contributed by atoms with Crippen LogP contribution in [0.15, 0.2) is 36.9 Å². The average molecular weight is 248 g/mol. The molecule has 0 saturated heterocycles. The van der Waals surface area contributed by atoms with Gasteiger partial charge in [0.05, 0.1) is 0 Å². The molecule has 5 nitrogen and oxygen atoms in total. The molecule has 0 heterocycles.